The van der Waals surface area contributed by atoms with Gasteiger partial charge in [-0.05, 0) is 29.7 Å². The molecule has 0 bridgehead atoms. The van der Waals surface area contributed by atoms with Crippen LogP contribution in [0.25, 0.3) is 0 Å². The summed E-state index contributed by atoms with van der Waals surface area (Å²) in [6, 6.07) is 7.31. The van der Waals surface area contributed by atoms with E-state index in [0.29, 0.717) is 35.3 Å². The Morgan fingerprint density at radius 3 is 2.54 bits per heavy atom. The molecular weight excluding hydrogens is 374 g/mol. The molecule has 2 aromatic rings. The normalized spacial score (nSPS) is 20.6. The predicted molar refractivity (Wildman–Crippen MR) is 112 cm³/mol. The highest BCUT2D eigenvalue weighted by Gasteiger charge is 2.31. The molecule has 6 heteroatoms. The number of phenolic OH excluding ortho intramolecular Hbond substituents is 1. The van der Waals surface area contributed by atoms with Crippen molar-refractivity contribution in [3.63, 3.8) is 0 Å². The lowest BCUT2D eigenvalue weighted by Crippen LogP contribution is -2.43. The van der Waals surface area contributed by atoms with E-state index in [0.717, 1.165) is 24.4 Å². The maximum absolute atomic E-state index is 13.2. The number of phenols is 1. The number of ether oxygens (including phenoxy) is 2. The Morgan fingerprint density at radius 2 is 1.96 bits per heavy atom. The zero-order chi connectivity index (χ0) is 20.3. The van der Waals surface area contributed by atoms with Gasteiger partial charge in [0.25, 0.3) is 0 Å². The molecule has 28 heavy (non-hydrogen) atoms. The number of aromatic hydroxyl groups is 1. The molecule has 1 aliphatic heterocycles. The molecule has 2 heterocycles. The van der Waals surface area contributed by atoms with E-state index < -0.39 is 0 Å². The summed E-state index contributed by atoms with van der Waals surface area (Å²) >= 11 is 1.58. The molecule has 0 saturated carbocycles. The molecule has 0 radical (unpaired) electrons. The van der Waals surface area contributed by atoms with Crippen molar-refractivity contribution in [1.29, 1.82) is 0 Å². The van der Waals surface area contributed by atoms with Crippen molar-refractivity contribution in [1.82, 2.24) is 4.90 Å². The number of benzene rings is 1. The number of carbonyl (C=O) groups excluding carboxylic acids is 1. The van der Waals surface area contributed by atoms with Crippen LogP contribution < -0.4 is 9.47 Å². The van der Waals surface area contributed by atoms with Gasteiger partial charge in [-0.15, -0.1) is 11.3 Å². The number of thiophene rings is 1. The molecule has 1 aromatic heterocycles. The van der Waals surface area contributed by atoms with Crippen LogP contribution in [0.5, 0.6) is 17.2 Å². The number of methoxy groups -OCH3 is 2. The largest absolute Gasteiger partial charge is 0.507 e. The third-order valence-corrected chi connectivity index (χ3v) is 6.37. The van der Waals surface area contributed by atoms with Crippen LogP contribution in [-0.4, -0.2) is 43.2 Å². The predicted octanol–water partition coefficient (Wildman–Crippen LogP) is 4.50. The van der Waals surface area contributed by atoms with E-state index in [1.807, 2.05) is 22.4 Å². The maximum atomic E-state index is 13.2. The van der Waals surface area contributed by atoms with Crippen LogP contribution in [0, 0.1) is 11.8 Å². The van der Waals surface area contributed by atoms with Crippen molar-refractivity contribution in [2.45, 2.75) is 32.6 Å². The van der Waals surface area contributed by atoms with Gasteiger partial charge in [-0.2, -0.15) is 0 Å². The Balaban J connectivity index is 1.94. The Kier molecular flexibility index (Phi) is 6.50. The Labute approximate surface area is 170 Å². The van der Waals surface area contributed by atoms with Gasteiger partial charge in [-0.1, -0.05) is 19.9 Å². The zero-order valence-corrected chi connectivity index (χ0v) is 17.8. The number of nitrogens with zero attached hydrogens (tertiary/aromatic N) is 1. The fourth-order valence-electron chi connectivity index (χ4n) is 4.23. The molecule has 0 spiro atoms. The first kappa shape index (κ1) is 20.5. The van der Waals surface area contributed by atoms with Gasteiger partial charge in [-0.25, -0.2) is 0 Å². The molecule has 1 fully saturated rings. The Hall–Kier alpha value is -2.21. The SMILES string of the molecule is COc1cc(O)c(C(CC(=O)N2C[C@H](C)C[C@H](C)C2)c2cccs2)c(OC)c1. The molecule has 152 valence electrons. The van der Waals surface area contributed by atoms with Gasteiger partial charge in [0.1, 0.15) is 17.2 Å². The summed E-state index contributed by atoms with van der Waals surface area (Å²) in [7, 11) is 3.12. The van der Waals surface area contributed by atoms with Crippen molar-refractivity contribution in [2.75, 3.05) is 27.3 Å². The molecule has 1 saturated heterocycles. The average molecular weight is 404 g/mol. The fraction of sp³-hybridized carbons (Fsp3) is 0.500. The minimum Gasteiger partial charge on any atom is -0.507 e. The lowest BCUT2D eigenvalue weighted by molar-refractivity contribution is -0.134. The van der Waals surface area contributed by atoms with Crippen LogP contribution in [0.4, 0.5) is 0 Å². The van der Waals surface area contributed by atoms with Crippen LogP contribution >= 0.6 is 11.3 Å². The Morgan fingerprint density at radius 1 is 1.25 bits per heavy atom. The van der Waals surface area contributed by atoms with Crippen LogP contribution in [0.2, 0.25) is 0 Å². The minimum absolute atomic E-state index is 0.0859. The number of rotatable bonds is 6. The molecule has 1 aliphatic rings. The molecule has 1 N–H and O–H groups in total. The van der Waals surface area contributed by atoms with Gasteiger partial charge in [-0.3, -0.25) is 4.79 Å². The number of amides is 1. The lowest BCUT2D eigenvalue weighted by atomic mass is 9.89. The summed E-state index contributed by atoms with van der Waals surface area (Å²) in [4.78, 5) is 16.2. The van der Waals surface area contributed by atoms with Gasteiger partial charge in [0.05, 0.1) is 14.2 Å². The second kappa shape index (κ2) is 8.86. The van der Waals surface area contributed by atoms with E-state index in [9.17, 15) is 9.90 Å². The second-order valence-electron chi connectivity index (χ2n) is 7.78. The molecule has 1 amide bonds. The quantitative estimate of drug-likeness (QED) is 0.772. The average Bonchev–Trinajstić information content (AvgIpc) is 3.19. The third-order valence-electron chi connectivity index (χ3n) is 5.38. The highest BCUT2D eigenvalue weighted by molar-refractivity contribution is 7.10. The minimum atomic E-state index is -0.263. The van der Waals surface area contributed by atoms with Crippen LogP contribution in [0.1, 0.15) is 43.0 Å². The van der Waals surface area contributed by atoms with E-state index in [1.54, 1.807) is 37.7 Å². The molecule has 1 unspecified atom stereocenters. The van der Waals surface area contributed by atoms with Gasteiger partial charge < -0.3 is 19.5 Å². The summed E-state index contributed by atoms with van der Waals surface area (Å²) < 4.78 is 10.8. The number of carbonyl (C=O) groups is 1. The summed E-state index contributed by atoms with van der Waals surface area (Å²) in [5, 5.41) is 12.7. The van der Waals surface area contributed by atoms with Crippen LogP contribution in [-0.2, 0) is 4.79 Å². The van der Waals surface area contributed by atoms with Crippen LogP contribution in [0.15, 0.2) is 29.6 Å². The zero-order valence-electron chi connectivity index (χ0n) is 17.0. The van der Waals surface area contributed by atoms with Crippen molar-refractivity contribution in [3.05, 3.63) is 40.1 Å². The number of likely N-dealkylation sites (tertiary alicyclic amines) is 1. The van der Waals surface area contributed by atoms with Gasteiger partial charge >= 0.3 is 0 Å². The smallest absolute Gasteiger partial charge is 0.223 e. The van der Waals surface area contributed by atoms with Gasteiger partial charge in [0.15, 0.2) is 0 Å². The van der Waals surface area contributed by atoms with Crippen LogP contribution in [0.3, 0.4) is 0 Å². The van der Waals surface area contributed by atoms with Crippen molar-refractivity contribution >= 4 is 17.2 Å². The van der Waals surface area contributed by atoms with Crippen molar-refractivity contribution in [3.8, 4) is 17.2 Å². The lowest BCUT2D eigenvalue weighted by Gasteiger charge is -2.36. The standard InChI is InChI=1S/C22H29NO4S/c1-14-8-15(2)13-23(12-14)21(25)11-17(20-6-5-7-28-20)22-18(24)9-16(26-3)10-19(22)27-4/h5-7,9-10,14-15,17,24H,8,11-13H2,1-4H3/t14-,15+,17?. The van der Waals surface area contributed by atoms with Crippen molar-refractivity contribution in [2.24, 2.45) is 11.8 Å². The highest BCUT2D eigenvalue weighted by atomic mass is 32.1. The van der Waals surface area contributed by atoms with E-state index in [-0.39, 0.29) is 17.6 Å². The monoisotopic (exact) mass is 403 g/mol. The first-order valence-corrected chi connectivity index (χ1v) is 10.6. The molecule has 0 aliphatic carbocycles. The summed E-state index contributed by atoms with van der Waals surface area (Å²) in [5.41, 5.74) is 0.636. The summed E-state index contributed by atoms with van der Waals surface area (Å²) in [6.07, 6.45) is 1.46. The first-order valence-electron chi connectivity index (χ1n) is 9.69. The van der Waals surface area contributed by atoms with Gasteiger partial charge in [0.2, 0.25) is 5.91 Å². The van der Waals surface area contributed by atoms with E-state index in [4.69, 9.17) is 9.47 Å². The van der Waals surface area contributed by atoms with E-state index in [2.05, 4.69) is 13.8 Å². The third kappa shape index (κ3) is 4.43. The topological polar surface area (TPSA) is 59.0 Å². The van der Waals surface area contributed by atoms with Crippen molar-refractivity contribution < 1.29 is 19.4 Å². The highest BCUT2D eigenvalue weighted by Crippen LogP contribution is 2.44. The maximum Gasteiger partial charge on any atom is 0.223 e. The number of piperidine rings is 1. The van der Waals surface area contributed by atoms with E-state index >= 15 is 0 Å². The molecule has 3 atom stereocenters. The number of hydrogen-bond donors (Lipinski definition) is 1. The summed E-state index contributed by atoms with van der Waals surface area (Å²) in [5.74, 6) is 2.02. The molecular formula is C22H29NO4S. The second-order valence-corrected chi connectivity index (χ2v) is 8.76. The molecule has 5 nitrogen and oxygen atoms in total. The van der Waals surface area contributed by atoms with E-state index in [1.165, 1.54) is 0 Å². The van der Waals surface area contributed by atoms with Gasteiger partial charge in [0, 0.05) is 48.0 Å². The Bertz CT molecular complexity index is 795. The molecule has 3 rings (SSSR count). The molecule has 1 aromatic carbocycles. The number of hydrogen-bond acceptors (Lipinski definition) is 5. The first-order chi connectivity index (χ1) is 13.4. The fourth-order valence-corrected chi connectivity index (χ4v) is 5.07. The summed E-state index contributed by atoms with van der Waals surface area (Å²) in [6.45, 7) is 5.99.